The molecule has 5 rings (SSSR count). The number of fused-ring (bicyclic) bond motifs is 5. The molecule has 5 nitrogen and oxygen atoms in total. The molecule has 27 heavy (non-hydrogen) atoms. The molecule has 0 radical (unpaired) electrons. The molecule has 0 aliphatic carbocycles. The van der Waals surface area contributed by atoms with Crippen LogP contribution in [0, 0.1) is 12.1 Å². The number of hydrogen-bond donors (Lipinski definition) is 1. The molecule has 1 saturated heterocycles. The largest absolute Gasteiger partial charge is 0.619 e. The number of nitrogens with zero attached hydrogens (tertiary/aromatic N) is 3. The lowest BCUT2D eigenvalue weighted by atomic mass is 9.95. The van der Waals surface area contributed by atoms with E-state index in [0.717, 1.165) is 23.3 Å². The summed E-state index contributed by atoms with van der Waals surface area (Å²) >= 11 is 0. The maximum absolute atomic E-state index is 11.3. The van der Waals surface area contributed by atoms with Crippen LogP contribution >= 0.6 is 0 Å². The van der Waals surface area contributed by atoms with Gasteiger partial charge in [-0.2, -0.15) is 4.73 Å². The second-order valence-corrected chi connectivity index (χ2v) is 7.94. The number of benzene rings is 1. The lowest BCUT2D eigenvalue weighted by Gasteiger charge is -2.31. The predicted octanol–water partition coefficient (Wildman–Crippen LogP) is 3.01. The predicted molar refractivity (Wildman–Crippen MR) is 104 cm³/mol. The van der Waals surface area contributed by atoms with Crippen LogP contribution in [0.4, 0.5) is 0 Å². The highest BCUT2D eigenvalue weighted by atomic mass is 16.5. The molecular formula is C22H25N3O2. The Morgan fingerprint density at radius 2 is 2.04 bits per heavy atom. The molecule has 1 fully saturated rings. The van der Waals surface area contributed by atoms with E-state index in [0.29, 0.717) is 12.6 Å². The topological polar surface area (TPSA) is 55.3 Å². The van der Waals surface area contributed by atoms with E-state index in [4.69, 9.17) is 0 Å². The average molecular weight is 363 g/mol. The molecule has 2 aliphatic heterocycles. The fraction of sp³-hybridized carbons (Fsp3) is 0.409. The van der Waals surface area contributed by atoms with Crippen LogP contribution in [0.1, 0.15) is 47.4 Å². The summed E-state index contributed by atoms with van der Waals surface area (Å²) in [5.41, 5.74) is 6.14. The fourth-order valence-corrected chi connectivity index (χ4v) is 4.99. The Morgan fingerprint density at radius 1 is 1.22 bits per heavy atom. The summed E-state index contributed by atoms with van der Waals surface area (Å²) in [6.45, 7) is 4.97. The van der Waals surface area contributed by atoms with Crippen LogP contribution < -0.4 is 4.73 Å². The van der Waals surface area contributed by atoms with E-state index in [2.05, 4.69) is 34.6 Å². The van der Waals surface area contributed by atoms with Crippen molar-refractivity contribution in [2.24, 2.45) is 0 Å². The van der Waals surface area contributed by atoms with Crippen molar-refractivity contribution in [1.29, 1.82) is 0 Å². The molecule has 2 unspecified atom stereocenters. The maximum Gasteiger partial charge on any atom is 0.180 e. The third kappa shape index (κ3) is 2.73. The van der Waals surface area contributed by atoms with E-state index in [9.17, 15) is 10.3 Å². The number of rotatable bonds is 3. The summed E-state index contributed by atoms with van der Waals surface area (Å²) in [5.74, 6) is 0. The van der Waals surface area contributed by atoms with E-state index in [1.165, 1.54) is 59.5 Å². The van der Waals surface area contributed by atoms with Gasteiger partial charge in [-0.1, -0.05) is 11.6 Å². The second-order valence-electron chi connectivity index (χ2n) is 7.94. The lowest BCUT2D eigenvalue weighted by Crippen LogP contribution is -2.31. The van der Waals surface area contributed by atoms with Gasteiger partial charge in [0.25, 0.3) is 0 Å². The van der Waals surface area contributed by atoms with Crippen LogP contribution in [0.2, 0.25) is 0 Å². The molecule has 1 aromatic carbocycles. The van der Waals surface area contributed by atoms with E-state index in [1.807, 2.05) is 0 Å². The van der Waals surface area contributed by atoms with Crippen LogP contribution in [0.3, 0.4) is 0 Å². The van der Waals surface area contributed by atoms with E-state index < -0.39 is 6.10 Å². The third-order valence-corrected chi connectivity index (χ3v) is 6.27. The molecular weight excluding hydrogens is 338 g/mol. The number of aromatic nitrogens is 2. The van der Waals surface area contributed by atoms with Crippen LogP contribution in [0.15, 0.2) is 42.7 Å². The normalized spacial score (nSPS) is 20.6. The Balaban J connectivity index is 1.61. The molecule has 2 atom stereocenters. The SMILES string of the molecule is Cc1ccc2c(c1)c1c(n2CC(O)c2cc[n+]([O-])cc2)CCN2CCCC12. The number of pyridine rings is 1. The van der Waals surface area contributed by atoms with E-state index in [1.54, 1.807) is 12.1 Å². The Kier molecular flexibility index (Phi) is 3.95. The van der Waals surface area contributed by atoms with Crippen molar-refractivity contribution in [3.63, 3.8) is 0 Å². The Labute approximate surface area is 159 Å². The molecule has 0 spiro atoms. The van der Waals surface area contributed by atoms with Gasteiger partial charge in [-0.25, -0.2) is 0 Å². The molecule has 0 bridgehead atoms. The van der Waals surface area contributed by atoms with Gasteiger partial charge < -0.3 is 14.9 Å². The molecule has 4 heterocycles. The first-order chi connectivity index (χ1) is 13.1. The minimum Gasteiger partial charge on any atom is -0.619 e. The smallest absolute Gasteiger partial charge is 0.180 e. The number of aliphatic hydroxyl groups is 1. The van der Waals surface area contributed by atoms with Crippen LogP contribution in [0.25, 0.3) is 10.9 Å². The first-order valence-corrected chi connectivity index (χ1v) is 9.84. The van der Waals surface area contributed by atoms with Crippen molar-refractivity contribution in [2.45, 2.75) is 44.9 Å². The quantitative estimate of drug-likeness (QED) is 0.575. The molecule has 3 aromatic rings. The highest BCUT2D eigenvalue weighted by Crippen LogP contribution is 2.43. The van der Waals surface area contributed by atoms with Gasteiger partial charge in [0.05, 0.1) is 12.6 Å². The number of aryl methyl sites for hydroxylation is 1. The zero-order chi connectivity index (χ0) is 18.5. The molecule has 0 saturated carbocycles. The van der Waals surface area contributed by atoms with Crippen molar-refractivity contribution in [2.75, 3.05) is 13.1 Å². The van der Waals surface area contributed by atoms with Gasteiger partial charge >= 0.3 is 0 Å². The Hall–Kier alpha value is -2.37. The average Bonchev–Trinajstić information content (AvgIpc) is 3.25. The van der Waals surface area contributed by atoms with E-state index >= 15 is 0 Å². The van der Waals surface area contributed by atoms with Crippen molar-refractivity contribution in [3.05, 3.63) is 70.3 Å². The highest BCUT2D eigenvalue weighted by Gasteiger charge is 2.35. The fourth-order valence-electron chi connectivity index (χ4n) is 4.99. The summed E-state index contributed by atoms with van der Waals surface area (Å²) in [5, 5.41) is 23.5. The van der Waals surface area contributed by atoms with Gasteiger partial charge in [0.1, 0.15) is 0 Å². The molecule has 1 N–H and O–H groups in total. The van der Waals surface area contributed by atoms with Gasteiger partial charge in [0.15, 0.2) is 12.4 Å². The summed E-state index contributed by atoms with van der Waals surface area (Å²) in [6.07, 6.45) is 5.79. The molecule has 2 aromatic heterocycles. The number of aliphatic hydroxyl groups excluding tert-OH is 1. The number of hydrogen-bond acceptors (Lipinski definition) is 3. The van der Waals surface area contributed by atoms with Crippen molar-refractivity contribution in [1.82, 2.24) is 9.47 Å². The highest BCUT2D eigenvalue weighted by molar-refractivity contribution is 5.87. The summed E-state index contributed by atoms with van der Waals surface area (Å²) < 4.78 is 3.07. The van der Waals surface area contributed by atoms with Gasteiger partial charge in [-0.15, -0.1) is 0 Å². The maximum atomic E-state index is 11.3. The van der Waals surface area contributed by atoms with Crippen molar-refractivity contribution in [3.8, 4) is 0 Å². The van der Waals surface area contributed by atoms with Crippen LogP contribution in [-0.2, 0) is 13.0 Å². The minimum absolute atomic E-state index is 0.518. The Morgan fingerprint density at radius 3 is 2.85 bits per heavy atom. The summed E-state index contributed by atoms with van der Waals surface area (Å²) in [6, 6.07) is 10.6. The van der Waals surface area contributed by atoms with Gasteiger partial charge in [-0.3, -0.25) is 4.90 Å². The van der Waals surface area contributed by atoms with Gasteiger partial charge in [0, 0.05) is 47.7 Å². The monoisotopic (exact) mass is 363 g/mol. The molecule has 2 aliphatic rings. The second kappa shape index (κ2) is 6.36. The first kappa shape index (κ1) is 16.8. The van der Waals surface area contributed by atoms with Crippen molar-refractivity contribution < 1.29 is 9.84 Å². The lowest BCUT2D eigenvalue weighted by molar-refractivity contribution is -0.605. The standard InChI is InChI=1S/C22H25N3O2/c1-15-4-5-18-17(13-15)22-19-3-2-9-23(19)10-8-20(22)25(18)14-21(26)16-6-11-24(27)12-7-16/h4-7,11-13,19,21,26H,2-3,8-10,14H2,1H3. The van der Waals surface area contributed by atoms with Crippen molar-refractivity contribution >= 4 is 10.9 Å². The van der Waals surface area contributed by atoms with Gasteiger partial charge in [0.2, 0.25) is 0 Å². The zero-order valence-electron chi connectivity index (χ0n) is 15.6. The summed E-state index contributed by atoms with van der Waals surface area (Å²) in [4.78, 5) is 2.62. The minimum atomic E-state index is -0.631. The van der Waals surface area contributed by atoms with Gasteiger partial charge in [-0.05, 0) is 49.6 Å². The first-order valence-electron chi connectivity index (χ1n) is 9.84. The Bertz CT molecular complexity index is 993. The third-order valence-electron chi connectivity index (χ3n) is 6.27. The molecule has 0 amide bonds. The molecule has 140 valence electrons. The molecule has 5 heteroatoms. The van der Waals surface area contributed by atoms with Crippen LogP contribution in [0.5, 0.6) is 0 Å². The summed E-state index contributed by atoms with van der Waals surface area (Å²) in [7, 11) is 0. The van der Waals surface area contributed by atoms with Crippen LogP contribution in [-0.4, -0.2) is 27.7 Å². The van der Waals surface area contributed by atoms with E-state index in [-0.39, 0.29) is 0 Å². The zero-order valence-corrected chi connectivity index (χ0v) is 15.6.